The van der Waals surface area contributed by atoms with E-state index in [0.29, 0.717) is 38.0 Å². The lowest BCUT2D eigenvalue weighted by molar-refractivity contribution is -0.384. The van der Waals surface area contributed by atoms with Crippen LogP contribution in [0.5, 0.6) is 0 Å². The zero-order chi connectivity index (χ0) is 25.5. The average molecular weight is 556 g/mol. The van der Waals surface area contributed by atoms with Crippen molar-refractivity contribution in [3.8, 4) is 6.07 Å². The standard InChI is InChI=1S/C24H22BrN5O4S/c1-23(2,3)35(33)28-24(20-13-27-14-29(20)4,17-7-5-15(12-26)6-8-17)21-10-16-9-18(30(31)32)11-19(25)22(16)34-21/h5-11,13-14,28H,1-4H3. The number of hydrogen-bond acceptors (Lipinski definition) is 7. The van der Waals surface area contributed by atoms with Gasteiger partial charge in [-0.15, -0.1) is 4.72 Å². The fraction of sp³-hybridized carbons (Fsp3) is 0.250. The van der Waals surface area contributed by atoms with Crippen LogP contribution in [0, 0.1) is 21.4 Å². The monoisotopic (exact) mass is 555 g/mol. The number of hydrogen-bond donors (Lipinski definition) is 1. The Hall–Kier alpha value is -3.17. The van der Waals surface area contributed by atoms with Gasteiger partial charge in [-0.2, -0.15) is 5.26 Å². The molecule has 2 heterocycles. The van der Waals surface area contributed by atoms with Gasteiger partial charge in [-0.1, -0.05) is 12.1 Å². The maximum Gasteiger partial charge on any atom is 0.271 e. The number of imidazole rings is 1. The summed E-state index contributed by atoms with van der Waals surface area (Å²) >= 11 is 1.80. The lowest BCUT2D eigenvalue weighted by atomic mass is 9.84. The van der Waals surface area contributed by atoms with E-state index in [2.05, 4.69) is 31.7 Å². The number of nitrogens with zero attached hydrogens (tertiary/aromatic N) is 4. The molecule has 4 rings (SSSR count). The minimum absolute atomic E-state index is 0.0903. The SMILES string of the molecule is Cn1cncc1C(N[S+]([O-])C(C)(C)C)(c1ccc(C#N)cc1)c1cc2cc([N+](=O)[O-])cc(Br)c2o1. The molecule has 4 aromatic rings. The van der Waals surface area contributed by atoms with Crippen molar-refractivity contribution in [3.63, 3.8) is 0 Å². The third-order valence-corrected chi connectivity index (χ3v) is 7.78. The molecule has 9 nitrogen and oxygen atoms in total. The number of benzene rings is 2. The predicted molar refractivity (Wildman–Crippen MR) is 136 cm³/mol. The number of non-ortho nitro benzene ring substituents is 1. The first-order valence-corrected chi connectivity index (χ1v) is 12.5. The van der Waals surface area contributed by atoms with Crippen molar-refractivity contribution in [1.82, 2.24) is 14.3 Å². The van der Waals surface area contributed by atoms with Gasteiger partial charge in [0.15, 0.2) is 5.54 Å². The van der Waals surface area contributed by atoms with Gasteiger partial charge in [0.05, 0.1) is 39.2 Å². The number of aryl methyl sites for hydroxylation is 1. The summed E-state index contributed by atoms with van der Waals surface area (Å²) in [6.45, 7) is 5.55. The van der Waals surface area contributed by atoms with Crippen molar-refractivity contribution in [1.29, 1.82) is 5.26 Å². The van der Waals surface area contributed by atoms with E-state index in [0.717, 1.165) is 0 Å². The molecule has 1 N–H and O–H groups in total. The van der Waals surface area contributed by atoms with Crippen LogP contribution >= 0.6 is 15.9 Å². The number of furan rings is 1. The summed E-state index contributed by atoms with van der Waals surface area (Å²) in [4.78, 5) is 15.2. The number of nitrogens with one attached hydrogen (secondary N) is 1. The fourth-order valence-electron chi connectivity index (χ4n) is 3.77. The van der Waals surface area contributed by atoms with Crippen LogP contribution in [0.15, 0.2) is 63.9 Å². The third kappa shape index (κ3) is 4.46. The normalized spacial score (nSPS) is 14.4. The van der Waals surface area contributed by atoms with Crippen LogP contribution in [0.3, 0.4) is 0 Å². The smallest absolute Gasteiger partial charge is 0.271 e. The highest BCUT2D eigenvalue weighted by Crippen LogP contribution is 2.43. The third-order valence-electron chi connectivity index (χ3n) is 5.59. The summed E-state index contributed by atoms with van der Waals surface area (Å²) in [5.41, 5.74) is 0.769. The van der Waals surface area contributed by atoms with Gasteiger partial charge in [0.2, 0.25) is 0 Å². The van der Waals surface area contributed by atoms with E-state index in [-0.39, 0.29) is 5.69 Å². The molecule has 0 spiro atoms. The molecular weight excluding hydrogens is 534 g/mol. The molecule has 2 aromatic heterocycles. The second-order valence-electron chi connectivity index (χ2n) is 9.03. The van der Waals surface area contributed by atoms with Gasteiger partial charge in [-0.05, 0) is 60.5 Å². The molecule has 0 saturated heterocycles. The number of aromatic nitrogens is 2. The van der Waals surface area contributed by atoms with Gasteiger partial charge in [-0.25, -0.2) is 4.98 Å². The minimum atomic E-state index is -1.58. The Morgan fingerprint density at radius 1 is 1.23 bits per heavy atom. The molecule has 0 saturated carbocycles. The van der Waals surface area contributed by atoms with E-state index < -0.39 is 26.6 Å². The number of nitro benzene ring substituents is 1. The molecule has 2 aromatic carbocycles. The number of halogens is 1. The highest BCUT2D eigenvalue weighted by atomic mass is 79.9. The molecule has 0 fully saturated rings. The van der Waals surface area contributed by atoms with E-state index in [1.165, 1.54) is 12.1 Å². The summed E-state index contributed by atoms with van der Waals surface area (Å²) in [5.74, 6) is 0.361. The first kappa shape index (κ1) is 24.9. The molecule has 11 heteroatoms. The van der Waals surface area contributed by atoms with Crippen molar-refractivity contribution in [2.24, 2.45) is 7.05 Å². The molecular formula is C24H22BrN5O4S. The zero-order valence-electron chi connectivity index (χ0n) is 19.4. The molecule has 0 aliphatic rings. The van der Waals surface area contributed by atoms with E-state index >= 15 is 0 Å². The summed E-state index contributed by atoms with van der Waals surface area (Å²) in [5, 5.41) is 21.3. The Kier molecular flexibility index (Phi) is 6.50. The van der Waals surface area contributed by atoms with E-state index in [4.69, 9.17) is 4.42 Å². The van der Waals surface area contributed by atoms with Crippen molar-refractivity contribution < 1.29 is 13.9 Å². The first-order chi connectivity index (χ1) is 16.5. The van der Waals surface area contributed by atoms with Gasteiger partial charge in [0, 0.05) is 35.9 Å². The maximum atomic E-state index is 13.6. The van der Waals surface area contributed by atoms with Crippen LogP contribution in [0.2, 0.25) is 0 Å². The summed E-state index contributed by atoms with van der Waals surface area (Å²) in [6.07, 6.45) is 3.27. The summed E-state index contributed by atoms with van der Waals surface area (Å²) in [6, 6.07) is 13.5. The van der Waals surface area contributed by atoms with Gasteiger partial charge >= 0.3 is 0 Å². The average Bonchev–Trinajstić information content (AvgIpc) is 3.44. The Morgan fingerprint density at radius 3 is 2.46 bits per heavy atom. The number of fused-ring (bicyclic) bond motifs is 1. The largest absolute Gasteiger partial charge is 0.598 e. The highest BCUT2D eigenvalue weighted by molar-refractivity contribution is 9.10. The first-order valence-electron chi connectivity index (χ1n) is 10.5. The lowest BCUT2D eigenvalue weighted by Crippen LogP contribution is -2.53. The predicted octanol–water partition coefficient (Wildman–Crippen LogP) is 5.05. The van der Waals surface area contributed by atoms with E-state index in [1.807, 2.05) is 27.8 Å². The van der Waals surface area contributed by atoms with Gasteiger partial charge in [-0.3, -0.25) is 10.1 Å². The molecule has 0 aliphatic heterocycles. The Balaban J connectivity index is 2.08. The Labute approximate surface area is 213 Å². The van der Waals surface area contributed by atoms with Gasteiger partial charge in [0.1, 0.15) is 16.1 Å². The minimum Gasteiger partial charge on any atom is -0.598 e. The number of nitro groups is 1. The second kappa shape index (κ2) is 9.13. The van der Waals surface area contributed by atoms with Gasteiger partial charge < -0.3 is 13.5 Å². The van der Waals surface area contributed by atoms with E-state index in [1.54, 1.807) is 47.4 Å². The van der Waals surface area contributed by atoms with Crippen LogP contribution < -0.4 is 4.72 Å². The van der Waals surface area contributed by atoms with E-state index in [9.17, 15) is 19.9 Å². The summed E-state index contributed by atoms with van der Waals surface area (Å²) in [7, 11) is 1.81. The van der Waals surface area contributed by atoms with Crippen molar-refractivity contribution in [2.45, 2.75) is 31.1 Å². The number of rotatable bonds is 6. The van der Waals surface area contributed by atoms with Crippen molar-refractivity contribution >= 4 is 43.9 Å². The molecule has 0 amide bonds. The molecule has 0 aliphatic carbocycles. The van der Waals surface area contributed by atoms with Crippen molar-refractivity contribution in [2.75, 3.05) is 0 Å². The Bertz CT molecular complexity index is 1450. The molecule has 0 bridgehead atoms. The van der Waals surface area contributed by atoms with Crippen LogP contribution in [0.1, 0.15) is 43.4 Å². The summed E-state index contributed by atoms with van der Waals surface area (Å²) < 4.78 is 24.7. The molecule has 0 radical (unpaired) electrons. The molecule has 35 heavy (non-hydrogen) atoms. The highest BCUT2D eigenvalue weighted by Gasteiger charge is 2.48. The van der Waals surface area contributed by atoms with Crippen LogP contribution in [-0.2, 0) is 23.9 Å². The fourth-order valence-corrected chi connectivity index (χ4v) is 5.22. The Morgan fingerprint density at radius 2 is 1.91 bits per heavy atom. The molecule has 2 unspecified atom stereocenters. The lowest BCUT2D eigenvalue weighted by Gasteiger charge is -2.36. The molecule has 180 valence electrons. The molecule has 2 atom stereocenters. The maximum absolute atomic E-state index is 13.6. The van der Waals surface area contributed by atoms with Gasteiger partial charge in [0.25, 0.3) is 5.69 Å². The second-order valence-corrected chi connectivity index (χ2v) is 11.8. The quantitative estimate of drug-likeness (QED) is 0.200. The van der Waals surface area contributed by atoms with Crippen LogP contribution in [0.25, 0.3) is 11.0 Å². The zero-order valence-corrected chi connectivity index (χ0v) is 21.8. The van der Waals surface area contributed by atoms with Crippen LogP contribution in [-0.4, -0.2) is 23.8 Å². The van der Waals surface area contributed by atoms with Crippen molar-refractivity contribution in [3.05, 3.63) is 92.2 Å². The topological polar surface area (TPSA) is 133 Å². The number of nitriles is 1. The van der Waals surface area contributed by atoms with Crippen LogP contribution in [0.4, 0.5) is 5.69 Å².